The zero-order valence-corrected chi connectivity index (χ0v) is 11.0. The van der Waals surface area contributed by atoms with Crippen molar-refractivity contribution in [1.29, 1.82) is 0 Å². The molecule has 1 fully saturated rings. The Morgan fingerprint density at radius 2 is 2.24 bits per heavy atom. The SMILES string of the molecule is CCC1CNCCC1(O)Cc1ccccc1Cl. The number of hydrogen-bond donors (Lipinski definition) is 2. The van der Waals surface area contributed by atoms with Gasteiger partial charge in [-0.3, -0.25) is 0 Å². The van der Waals surface area contributed by atoms with Gasteiger partial charge in [-0.1, -0.05) is 36.7 Å². The van der Waals surface area contributed by atoms with E-state index in [1.807, 2.05) is 24.3 Å². The van der Waals surface area contributed by atoms with Gasteiger partial charge in [-0.25, -0.2) is 0 Å². The first-order chi connectivity index (χ1) is 8.15. The number of piperidine rings is 1. The summed E-state index contributed by atoms with van der Waals surface area (Å²) >= 11 is 6.17. The molecule has 17 heavy (non-hydrogen) atoms. The molecule has 2 atom stereocenters. The molecule has 3 heteroatoms. The van der Waals surface area contributed by atoms with Gasteiger partial charge in [-0.05, 0) is 31.0 Å². The number of hydrogen-bond acceptors (Lipinski definition) is 2. The highest BCUT2D eigenvalue weighted by Crippen LogP contribution is 2.32. The van der Waals surface area contributed by atoms with Crippen LogP contribution in [0.25, 0.3) is 0 Å². The lowest BCUT2D eigenvalue weighted by molar-refractivity contribution is -0.0414. The standard InChI is InChI=1S/C14H20ClNO/c1-2-12-10-16-8-7-14(12,17)9-11-5-3-4-6-13(11)15/h3-6,12,16-17H,2,7-10H2,1H3. The van der Waals surface area contributed by atoms with Gasteiger partial charge in [-0.15, -0.1) is 0 Å². The Kier molecular flexibility index (Phi) is 4.08. The molecule has 1 heterocycles. The molecule has 1 aromatic carbocycles. The van der Waals surface area contributed by atoms with Crippen LogP contribution in [-0.4, -0.2) is 23.8 Å². The van der Waals surface area contributed by atoms with Crippen molar-refractivity contribution in [2.75, 3.05) is 13.1 Å². The highest BCUT2D eigenvalue weighted by molar-refractivity contribution is 6.31. The predicted molar refractivity (Wildman–Crippen MR) is 71.4 cm³/mol. The monoisotopic (exact) mass is 253 g/mol. The molecule has 0 aromatic heterocycles. The summed E-state index contributed by atoms with van der Waals surface area (Å²) in [6.07, 6.45) is 2.46. The Morgan fingerprint density at radius 1 is 1.47 bits per heavy atom. The molecule has 94 valence electrons. The van der Waals surface area contributed by atoms with Crippen LogP contribution in [0.1, 0.15) is 25.3 Å². The third-order valence-corrected chi connectivity index (χ3v) is 4.20. The summed E-state index contributed by atoms with van der Waals surface area (Å²) in [5, 5.41) is 14.9. The fraction of sp³-hybridized carbons (Fsp3) is 0.571. The van der Waals surface area contributed by atoms with Crippen molar-refractivity contribution in [1.82, 2.24) is 5.32 Å². The van der Waals surface area contributed by atoms with E-state index in [2.05, 4.69) is 12.2 Å². The van der Waals surface area contributed by atoms with Crippen LogP contribution < -0.4 is 5.32 Å². The first kappa shape index (κ1) is 12.9. The predicted octanol–water partition coefficient (Wildman–Crippen LogP) is 2.63. The van der Waals surface area contributed by atoms with E-state index in [-0.39, 0.29) is 0 Å². The summed E-state index contributed by atoms with van der Waals surface area (Å²) in [6, 6.07) is 7.81. The van der Waals surface area contributed by atoms with Gasteiger partial charge < -0.3 is 10.4 Å². The summed E-state index contributed by atoms with van der Waals surface area (Å²) in [6.45, 7) is 3.92. The van der Waals surface area contributed by atoms with E-state index >= 15 is 0 Å². The number of benzene rings is 1. The molecule has 0 radical (unpaired) electrons. The van der Waals surface area contributed by atoms with Crippen LogP contribution in [0.3, 0.4) is 0 Å². The molecule has 0 aliphatic carbocycles. The van der Waals surface area contributed by atoms with Crippen molar-refractivity contribution in [3.63, 3.8) is 0 Å². The van der Waals surface area contributed by atoms with Crippen LogP contribution in [0.15, 0.2) is 24.3 Å². The van der Waals surface area contributed by atoms with Crippen LogP contribution in [0.4, 0.5) is 0 Å². The molecule has 0 spiro atoms. The van der Waals surface area contributed by atoms with Crippen LogP contribution in [0, 0.1) is 5.92 Å². The summed E-state index contributed by atoms with van der Waals surface area (Å²) < 4.78 is 0. The van der Waals surface area contributed by atoms with E-state index in [0.29, 0.717) is 12.3 Å². The van der Waals surface area contributed by atoms with E-state index < -0.39 is 5.60 Å². The van der Waals surface area contributed by atoms with Gasteiger partial charge in [0.25, 0.3) is 0 Å². The van der Waals surface area contributed by atoms with E-state index in [1.54, 1.807) is 0 Å². The molecule has 1 aliphatic rings. The fourth-order valence-electron chi connectivity index (χ4n) is 2.70. The fourth-order valence-corrected chi connectivity index (χ4v) is 2.91. The van der Waals surface area contributed by atoms with Gasteiger partial charge >= 0.3 is 0 Å². The van der Waals surface area contributed by atoms with Gasteiger partial charge in [0, 0.05) is 23.9 Å². The quantitative estimate of drug-likeness (QED) is 0.868. The smallest absolute Gasteiger partial charge is 0.0740 e. The zero-order valence-electron chi connectivity index (χ0n) is 10.2. The third kappa shape index (κ3) is 2.82. The van der Waals surface area contributed by atoms with Gasteiger partial charge in [0.1, 0.15) is 0 Å². The van der Waals surface area contributed by atoms with Gasteiger partial charge in [0.15, 0.2) is 0 Å². The third-order valence-electron chi connectivity index (χ3n) is 3.83. The molecule has 2 rings (SSSR count). The molecule has 0 amide bonds. The minimum absolute atomic E-state index is 0.313. The van der Waals surface area contributed by atoms with Crippen molar-refractivity contribution in [3.05, 3.63) is 34.9 Å². The van der Waals surface area contributed by atoms with E-state index in [0.717, 1.165) is 36.5 Å². The van der Waals surface area contributed by atoms with Crippen LogP contribution in [0.2, 0.25) is 5.02 Å². The summed E-state index contributed by atoms with van der Waals surface area (Å²) in [5.74, 6) is 0.313. The Hall–Kier alpha value is -0.570. The Labute approximate surface area is 108 Å². The van der Waals surface area contributed by atoms with Crippen molar-refractivity contribution < 1.29 is 5.11 Å². The number of aliphatic hydroxyl groups is 1. The van der Waals surface area contributed by atoms with Gasteiger partial charge in [-0.2, -0.15) is 0 Å². The van der Waals surface area contributed by atoms with E-state index in [1.165, 1.54) is 0 Å². The van der Waals surface area contributed by atoms with Crippen molar-refractivity contribution in [2.24, 2.45) is 5.92 Å². The lowest BCUT2D eigenvalue weighted by Gasteiger charge is -2.40. The average Bonchev–Trinajstić information content (AvgIpc) is 2.32. The van der Waals surface area contributed by atoms with Gasteiger partial charge in [0.05, 0.1) is 5.60 Å². The molecule has 1 aliphatic heterocycles. The molecule has 2 unspecified atom stereocenters. The summed E-state index contributed by atoms with van der Waals surface area (Å²) in [4.78, 5) is 0. The zero-order chi connectivity index (χ0) is 12.3. The molecule has 2 N–H and O–H groups in total. The van der Waals surface area contributed by atoms with Crippen molar-refractivity contribution >= 4 is 11.6 Å². The second-order valence-electron chi connectivity index (χ2n) is 4.93. The van der Waals surface area contributed by atoms with Gasteiger partial charge in [0.2, 0.25) is 0 Å². The summed E-state index contributed by atoms with van der Waals surface area (Å²) in [5.41, 5.74) is 0.447. The Bertz CT molecular complexity index is 382. The maximum atomic E-state index is 10.8. The average molecular weight is 254 g/mol. The lowest BCUT2D eigenvalue weighted by atomic mass is 9.76. The van der Waals surface area contributed by atoms with Crippen LogP contribution >= 0.6 is 11.6 Å². The van der Waals surface area contributed by atoms with E-state index in [9.17, 15) is 5.11 Å². The summed E-state index contributed by atoms with van der Waals surface area (Å²) in [7, 11) is 0. The second-order valence-corrected chi connectivity index (χ2v) is 5.34. The van der Waals surface area contributed by atoms with Crippen LogP contribution in [-0.2, 0) is 6.42 Å². The number of nitrogens with one attached hydrogen (secondary N) is 1. The second kappa shape index (κ2) is 5.38. The largest absolute Gasteiger partial charge is 0.389 e. The molecule has 0 bridgehead atoms. The maximum Gasteiger partial charge on any atom is 0.0740 e. The Balaban J connectivity index is 2.18. The maximum absolute atomic E-state index is 10.8. The first-order valence-corrected chi connectivity index (χ1v) is 6.70. The molecule has 0 saturated carbocycles. The molecule has 1 aromatic rings. The minimum atomic E-state index is -0.606. The molecule has 1 saturated heterocycles. The van der Waals surface area contributed by atoms with Crippen LogP contribution in [0.5, 0.6) is 0 Å². The first-order valence-electron chi connectivity index (χ1n) is 6.32. The van der Waals surface area contributed by atoms with Crippen molar-refractivity contribution in [3.8, 4) is 0 Å². The van der Waals surface area contributed by atoms with Crippen molar-refractivity contribution in [2.45, 2.75) is 31.8 Å². The minimum Gasteiger partial charge on any atom is -0.389 e. The number of halogens is 1. The highest BCUT2D eigenvalue weighted by atomic mass is 35.5. The normalized spacial score (nSPS) is 29.2. The molecular formula is C14H20ClNO. The topological polar surface area (TPSA) is 32.3 Å². The lowest BCUT2D eigenvalue weighted by Crippen LogP contribution is -2.51. The molecular weight excluding hydrogens is 234 g/mol. The molecule has 2 nitrogen and oxygen atoms in total. The number of rotatable bonds is 3. The van der Waals surface area contributed by atoms with E-state index in [4.69, 9.17) is 11.6 Å². The Morgan fingerprint density at radius 3 is 2.94 bits per heavy atom. The highest BCUT2D eigenvalue weighted by Gasteiger charge is 2.38.